The van der Waals surface area contributed by atoms with Gasteiger partial charge in [0.2, 0.25) is 5.95 Å². The molecule has 5 rings (SSSR count). The number of carboxylic acids is 1. The van der Waals surface area contributed by atoms with Crippen molar-refractivity contribution in [3.05, 3.63) is 29.3 Å². The first-order chi connectivity index (χ1) is 11.8. The normalized spacial score (nSPS) is 24.0. The van der Waals surface area contributed by atoms with Crippen molar-refractivity contribution < 1.29 is 18.7 Å². The molecule has 1 saturated carbocycles. The molecule has 3 fully saturated rings. The van der Waals surface area contributed by atoms with E-state index in [2.05, 4.69) is 20.3 Å². The molecule has 2 aliphatic heterocycles. The molecular formula is C15H16F2N6O2. The standard InChI is InChI=1S/C15H16F2N6O2/c1-8-9(4-23-7-12(13(24)25)20-21-23)3-18-14(19-8)22-5-10-2-11(6-22)15(10,16)17/h3,7,10-11H,2,4-6H2,1H3,(H,24,25). The minimum atomic E-state index is -2.56. The van der Waals surface area contributed by atoms with Crippen LogP contribution in [0.1, 0.15) is 28.2 Å². The molecule has 2 bridgehead atoms. The zero-order valence-electron chi connectivity index (χ0n) is 13.4. The van der Waals surface area contributed by atoms with Crippen molar-refractivity contribution in [3.8, 4) is 0 Å². The van der Waals surface area contributed by atoms with Crippen molar-refractivity contribution in [3.63, 3.8) is 0 Å². The lowest BCUT2D eigenvalue weighted by Crippen LogP contribution is -2.63. The van der Waals surface area contributed by atoms with E-state index in [0.29, 0.717) is 18.1 Å². The number of hydrogen-bond donors (Lipinski definition) is 1. The largest absolute Gasteiger partial charge is 0.476 e. The second-order valence-electron chi connectivity index (χ2n) is 6.60. The van der Waals surface area contributed by atoms with Crippen molar-refractivity contribution in [1.29, 1.82) is 0 Å². The Hall–Kier alpha value is -2.65. The lowest BCUT2D eigenvalue weighted by Gasteiger charge is -2.53. The SMILES string of the molecule is Cc1nc(N2CC3CC(C2)C3(F)F)ncc1Cn1cc(C(=O)O)nn1. The number of carbonyl (C=O) groups is 1. The second-order valence-corrected chi connectivity index (χ2v) is 6.60. The molecule has 25 heavy (non-hydrogen) atoms. The van der Waals surface area contributed by atoms with Crippen LogP contribution in [0, 0.1) is 18.8 Å². The Morgan fingerprint density at radius 2 is 2.12 bits per heavy atom. The number of carboxylic acid groups (broad SMARTS) is 1. The van der Waals surface area contributed by atoms with Crippen LogP contribution in [0.15, 0.2) is 12.4 Å². The number of rotatable bonds is 4. The fourth-order valence-corrected chi connectivity index (χ4v) is 3.43. The van der Waals surface area contributed by atoms with Gasteiger partial charge in [-0.3, -0.25) is 0 Å². The van der Waals surface area contributed by atoms with Crippen LogP contribution in [0.4, 0.5) is 14.7 Å². The van der Waals surface area contributed by atoms with E-state index in [1.165, 1.54) is 10.9 Å². The molecule has 8 nitrogen and oxygen atoms in total. The highest BCUT2D eigenvalue weighted by atomic mass is 19.3. The van der Waals surface area contributed by atoms with Crippen molar-refractivity contribution >= 4 is 11.9 Å². The number of fused-ring (bicyclic) bond motifs is 2. The number of alkyl halides is 2. The smallest absolute Gasteiger partial charge is 0.358 e. The van der Waals surface area contributed by atoms with Gasteiger partial charge >= 0.3 is 5.97 Å². The highest BCUT2D eigenvalue weighted by Gasteiger charge is 2.61. The van der Waals surface area contributed by atoms with E-state index in [9.17, 15) is 13.6 Å². The molecule has 0 amide bonds. The number of piperidine rings is 2. The molecule has 2 atom stereocenters. The van der Waals surface area contributed by atoms with E-state index in [1.54, 1.807) is 13.1 Å². The Labute approximate surface area is 141 Å². The van der Waals surface area contributed by atoms with Crippen molar-refractivity contribution in [2.75, 3.05) is 18.0 Å². The van der Waals surface area contributed by atoms with Gasteiger partial charge in [-0.1, -0.05) is 5.21 Å². The maximum atomic E-state index is 13.7. The summed E-state index contributed by atoms with van der Waals surface area (Å²) in [7, 11) is 0. The predicted molar refractivity (Wildman–Crippen MR) is 81.6 cm³/mol. The summed E-state index contributed by atoms with van der Waals surface area (Å²) in [5.74, 6) is -4.47. The van der Waals surface area contributed by atoms with Gasteiger partial charge in [-0.25, -0.2) is 28.2 Å². The maximum absolute atomic E-state index is 13.7. The Bertz CT molecular complexity index is 825. The molecule has 10 heteroatoms. The molecule has 2 saturated heterocycles. The molecule has 2 aromatic heterocycles. The molecule has 0 radical (unpaired) electrons. The quantitative estimate of drug-likeness (QED) is 0.885. The zero-order valence-corrected chi connectivity index (χ0v) is 13.4. The minimum Gasteiger partial charge on any atom is -0.476 e. The average Bonchev–Trinajstić information content (AvgIpc) is 3.05. The van der Waals surface area contributed by atoms with E-state index in [4.69, 9.17) is 5.11 Å². The third kappa shape index (κ3) is 2.61. The summed E-state index contributed by atoms with van der Waals surface area (Å²) in [6.07, 6.45) is 3.52. The molecular weight excluding hydrogens is 334 g/mol. The topological polar surface area (TPSA) is 97.0 Å². The zero-order chi connectivity index (χ0) is 17.8. The first-order valence-electron chi connectivity index (χ1n) is 7.93. The second kappa shape index (κ2) is 5.43. The predicted octanol–water partition coefficient (Wildman–Crippen LogP) is 1.21. The van der Waals surface area contributed by atoms with Gasteiger partial charge in [0.05, 0.1) is 12.7 Å². The number of aryl methyl sites for hydroxylation is 1. The van der Waals surface area contributed by atoms with Gasteiger partial charge in [-0.15, -0.1) is 5.10 Å². The Morgan fingerprint density at radius 3 is 2.68 bits per heavy atom. The summed E-state index contributed by atoms with van der Waals surface area (Å²) in [6, 6.07) is 0. The van der Waals surface area contributed by atoms with Gasteiger partial charge in [-0.05, 0) is 13.3 Å². The molecule has 1 aliphatic carbocycles. The minimum absolute atomic E-state index is 0.135. The molecule has 0 aromatic carbocycles. The van der Waals surface area contributed by atoms with E-state index < -0.39 is 23.7 Å². The molecule has 2 aromatic rings. The van der Waals surface area contributed by atoms with Crippen LogP contribution >= 0.6 is 0 Å². The average molecular weight is 350 g/mol. The molecule has 1 N–H and O–H groups in total. The number of aromatic nitrogens is 5. The monoisotopic (exact) mass is 350 g/mol. The number of halogens is 2. The van der Waals surface area contributed by atoms with Crippen LogP contribution in [0.2, 0.25) is 0 Å². The van der Waals surface area contributed by atoms with Crippen molar-refractivity contribution in [1.82, 2.24) is 25.0 Å². The van der Waals surface area contributed by atoms with E-state index in [0.717, 1.165) is 5.56 Å². The Kier molecular flexibility index (Phi) is 3.44. The third-order valence-electron chi connectivity index (χ3n) is 4.98. The van der Waals surface area contributed by atoms with Crippen LogP contribution in [-0.2, 0) is 6.54 Å². The summed E-state index contributed by atoms with van der Waals surface area (Å²) in [5.41, 5.74) is 1.32. The van der Waals surface area contributed by atoms with Crippen molar-refractivity contribution in [2.24, 2.45) is 11.8 Å². The van der Waals surface area contributed by atoms with Gasteiger partial charge in [0, 0.05) is 42.4 Å². The fourth-order valence-electron chi connectivity index (χ4n) is 3.43. The van der Waals surface area contributed by atoms with Crippen LogP contribution in [0.5, 0.6) is 0 Å². The number of nitrogens with zero attached hydrogens (tertiary/aromatic N) is 6. The number of hydrogen-bond acceptors (Lipinski definition) is 6. The highest BCUT2D eigenvalue weighted by molar-refractivity contribution is 5.84. The van der Waals surface area contributed by atoms with E-state index in [-0.39, 0.29) is 25.3 Å². The summed E-state index contributed by atoms with van der Waals surface area (Å²) < 4.78 is 28.7. The first kappa shape index (κ1) is 15.9. The van der Waals surface area contributed by atoms with E-state index in [1.807, 2.05) is 4.90 Å². The number of aromatic carboxylic acids is 1. The van der Waals surface area contributed by atoms with Gasteiger partial charge in [0.1, 0.15) is 0 Å². The van der Waals surface area contributed by atoms with Gasteiger partial charge in [-0.2, -0.15) is 0 Å². The van der Waals surface area contributed by atoms with Crippen LogP contribution in [0.25, 0.3) is 0 Å². The molecule has 0 spiro atoms. The lowest BCUT2D eigenvalue weighted by molar-refractivity contribution is -0.194. The molecule has 3 aliphatic rings. The lowest BCUT2D eigenvalue weighted by atomic mass is 9.67. The third-order valence-corrected chi connectivity index (χ3v) is 4.98. The Morgan fingerprint density at radius 1 is 1.40 bits per heavy atom. The summed E-state index contributed by atoms with van der Waals surface area (Å²) in [6.45, 7) is 2.63. The Balaban J connectivity index is 1.48. The maximum Gasteiger partial charge on any atom is 0.358 e. The van der Waals surface area contributed by atoms with Gasteiger partial charge in [0.25, 0.3) is 5.92 Å². The molecule has 132 valence electrons. The highest BCUT2D eigenvalue weighted by Crippen LogP contribution is 2.52. The van der Waals surface area contributed by atoms with Crippen LogP contribution in [0.3, 0.4) is 0 Å². The van der Waals surface area contributed by atoms with Gasteiger partial charge < -0.3 is 10.0 Å². The van der Waals surface area contributed by atoms with Crippen LogP contribution in [-0.4, -0.2) is 55.0 Å². The summed E-state index contributed by atoms with van der Waals surface area (Å²) in [5, 5.41) is 16.2. The van der Waals surface area contributed by atoms with Crippen LogP contribution < -0.4 is 4.90 Å². The summed E-state index contributed by atoms with van der Waals surface area (Å²) >= 11 is 0. The fraction of sp³-hybridized carbons (Fsp3) is 0.533. The van der Waals surface area contributed by atoms with E-state index >= 15 is 0 Å². The first-order valence-corrected chi connectivity index (χ1v) is 7.93. The van der Waals surface area contributed by atoms with Crippen molar-refractivity contribution in [2.45, 2.75) is 25.8 Å². The number of anilines is 1. The molecule has 4 heterocycles. The molecule has 2 unspecified atom stereocenters. The summed E-state index contributed by atoms with van der Waals surface area (Å²) in [4.78, 5) is 21.4. The van der Waals surface area contributed by atoms with Gasteiger partial charge in [0.15, 0.2) is 5.69 Å².